The molecular formula is C4H7NNaO3S. The molecule has 0 bridgehead atoms. The van der Waals surface area contributed by atoms with Gasteiger partial charge in [0.25, 0.3) is 0 Å². The molecule has 0 aliphatic rings. The standard InChI is InChI=1S/C4H7NO3S.Na/c1-2-3-9(6,7)8-4-5;/h2-3H2,1H3;. The van der Waals surface area contributed by atoms with E-state index in [1.165, 1.54) is 0 Å². The SMILES string of the molecule is CCCS(=O)(=O)OC#N.[Na]. The molecule has 10 heavy (non-hydrogen) atoms. The molecule has 0 aromatic heterocycles. The fraction of sp³-hybridized carbons (Fsp3) is 0.750. The van der Waals surface area contributed by atoms with Crippen LogP contribution in [0.3, 0.4) is 0 Å². The molecule has 0 saturated heterocycles. The largest absolute Gasteiger partial charge is 0.318 e. The quantitative estimate of drug-likeness (QED) is 0.337. The van der Waals surface area contributed by atoms with Crippen LogP contribution in [0.5, 0.6) is 0 Å². The van der Waals surface area contributed by atoms with Crippen LogP contribution >= 0.6 is 0 Å². The minimum Gasteiger partial charge on any atom is -0.302 e. The molecule has 53 valence electrons. The van der Waals surface area contributed by atoms with E-state index in [0.717, 1.165) is 6.26 Å². The van der Waals surface area contributed by atoms with E-state index >= 15 is 0 Å². The Balaban J connectivity index is 0. The van der Waals surface area contributed by atoms with E-state index < -0.39 is 10.1 Å². The Bertz CT molecular complexity index is 205. The van der Waals surface area contributed by atoms with Gasteiger partial charge >= 0.3 is 16.4 Å². The van der Waals surface area contributed by atoms with Crippen LogP contribution in [-0.2, 0) is 14.3 Å². The molecule has 6 heteroatoms. The van der Waals surface area contributed by atoms with Crippen molar-refractivity contribution < 1.29 is 12.6 Å². The van der Waals surface area contributed by atoms with Gasteiger partial charge in [-0.3, -0.25) is 0 Å². The molecule has 0 aliphatic carbocycles. The molecule has 0 atom stereocenters. The van der Waals surface area contributed by atoms with Crippen molar-refractivity contribution in [3.8, 4) is 6.26 Å². The first-order valence-electron chi connectivity index (χ1n) is 2.42. The summed E-state index contributed by atoms with van der Waals surface area (Å²) in [6, 6.07) is 0. The van der Waals surface area contributed by atoms with Gasteiger partial charge in [0.05, 0.1) is 5.75 Å². The Hall–Kier alpha value is 0.240. The smallest absolute Gasteiger partial charge is 0.302 e. The fourth-order valence-electron chi connectivity index (χ4n) is 0.348. The molecule has 0 unspecified atom stereocenters. The fourth-order valence-corrected chi connectivity index (χ4v) is 1.05. The molecule has 0 aromatic rings. The predicted octanol–water partition coefficient (Wildman–Crippen LogP) is -0.157. The third-order valence-electron chi connectivity index (χ3n) is 0.618. The summed E-state index contributed by atoms with van der Waals surface area (Å²) in [6.07, 6.45) is 1.57. The van der Waals surface area contributed by atoms with Crippen molar-refractivity contribution in [1.29, 1.82) is 5.26 Å². The number of nitrogens with zero attached hydrogens (tertiary/aromatic N) is 1. The first-order valence-corrected chi connectivity index (χ1v) is 4.00. The Morgan fingerprint density at radius 1 is 1.60 bits per heavy atom. The Kier molecular flexibility index (Phi) is 7.70. The molecule has 0 saturated carbocycles. The van der Waals surface area contributed by atoms with Crippen molar-refractivity contribution in [1.82, 2.24) is 0 Å². The van der Waals surface area contributed by atoms with Crippen LogP contribution in [0.1, 0.15) is 13.3 Å². The maximum Gasteiger partial charge on any atom is 0.318 e. The molecule has 0 rings (SSSR count). The summed E-state index contributed by atoms with van der Waals surface area (Å²) in [4.78, 5) is 0. The van der Waals surface area contributed by atoms with E-state index in [2.05, 4.69) is 4.18 Å². The molecule has 0 amide bonds. The zero-order valence-electron chi connectivity index (χ0n) is 5.99. The number of hydrogen-bond donors (Lipinski definition) is 0. The Morgan fingerprint density at radius 3 is 2.40 bits per heavy atom. The first kappa shape index (κ1) is 12.9. The molecule has 0 heterocycles. The second-order valence-corrected chi connectivity index (χ2v) is 3.13. The van der Waals surface area contributed by atoms with Gasteiger partial charge in [-0.15, -0.1) is 5.26 Å². The summed E-state index contributed by atoms with van der Waals surface area (Å²) in [5.41, 5.74) is 0. The van der Waals surface area contributed by atoms with Gasteiger partial charge in [-0.25, -0.2) is 0 Å². The van der Waals surface area contributed by atoms with E-state index in [9.17, 15) is 8.42 Å². The van der Waals surface area contributed by atoms with Gasteiger partial charge in [-0.1, -0.05) is 6.92 Å². The van der Waals surface area contributed by atoms with Crippen LogP contribution in [0.4, 0.5) is 0 Å². The Morgan fingerprint density at radius 2 is 2.10 bits per heavy atom. The van der Waals surface area contributed by atoms with Crippen molar-refractivity contribution in [2.45, 2.75) is 13.3 Å². The molecule has 0 aliphatic heterocycles. The minimum absolute atomic E-state index is 0. The van der Waals surface area contributed by atoms with Crippen molar-refractivity contribution >= 4 is 39.7 Å². The third-order valence-corrected chi connectivity index (χ3v) is 1.86. The van der Waals surface area contributed by atoms with Gasteiger partial charge in [0, 0.05) is 29.6 Å². The second-order valence-electron chi connectivity index (χ2n) is 1.44. The third kappa shape index (κ3) is 6.36. The van der Waals surface area contributed by atoms with E-state index in [0.29, 0.717) is 6.42 Å². The molecule has 0 aromatic carbocycles. The zero-order chi connectivity index (χ0) is 7.33. The maximum atomic E-state index is 10.4. The molecule has 0 fully saturated rings. The van der Waals surface area contributed by atoms with E-state index in [1.54, 1.807) is 6.92 Å². The van der Waals surface area contributed by atoms with Crippen LogP contribution in [0.15, 0.2) is 0 Å². The average molecular weight is 172 g/mol. The summed E-state index contributed by atoms with van der Waals surface area (Å²) >= 11 is 0. The molecule has 0 spiro atoms. The van der Waals surface area contributed by atoms with Crippen LogP contribution < -0.4 is 0 Å². The normalized spacial score (nSPS) is 9.20. The number of hydrogen-bond acceptors (Lipinski definition) is 4. The van der Waals surface area contributed by atoms with Crippen molar-refractivity contribution in [2.75, 3.05) is 5.75 Å². The van der Waals surface area contributed by atoms with Gasteiger partial charge in [0.2, 0.25) is 0 Å². The molecule has 1 radical (unpaired) electrons. The Labute approximate surface area is 82.6 Å². The zero-order valence-corrected chi connectivity index (χ0v) is 8.81. The van der Waals surface area contributed by atoms with Gasteiger partial charge in [-0.05, 0) is 6.42 Å². The number of rotatable bonds is 3. The maximum absolute atomic E-state index is 10.4. The first-order chi connectivity index (χ1) is 4.12. The number of nitriles is 1. The van der Waals surface area contributed by atoms with Crippen LogP contribution in [0, 0.1) is 11.5 Å². The second kappa shape index (κ2) is 5.98. The molecular weight excluding hydrogens is 165 g/mol. The summed E-state index contributed by atoms with van der Waals surface area (Å²) < 4.78 is 24.5. The van der Waals surface area contributed by atoms with Gasteiger partial charge < -0.3 is 4.18 Å². The van der Waals surface area contributed by atoms with Crippen LogP contribution in [0.25, 0.3) is 0 Å². The van der Waals surface area contributed by atoms with Crippen molar-refractivity contribution in [2.24, 2.45) is 0 Å². The van der Waals surface area contributed by atoms with Crippen LogP contribution in [-0.4, -0.2) is 43.7 Å². The van der Waals surface area contributed by atoms with Gasteiger partial charge in [-0.2, -0.15) is 8.42 Å². The predicted molar refractivity (Wildman–Crippen MR) is 36.5 cm³/mol. The van der Waals surface area contributed by atoms with Gasteiger partial charge in [0.15, 0.2) is 0 Å². The van der Waals surface area contributed by atoms with E-state index in [1.807, 2.05) is 0 Å². The van der Waals surface area contributed by atoms with Crippen molar-refractivity contribution in [3.05, 3.63) is 0 Å². The topological polar surface area (TPSA) is 67.2 Å². The average Bonchev–Trinajstić information content (AvgIpc) is 1.64. The summed E-state index contributed by atoms with van der Waals surface area (Å²) in [5.74, 6) is -0.0967. The van der Waals surface area contributed by atoms with Crippen LogP contribution in [0.2, 0.25) is 0 Å². The summed E-state index contributed by atoms with van der Waals surface area (Å²) in [7, 11) is -3.54. The van der Waals surface area contributed by atoms with Crippen molar-refractivity contribution in [3.63, 3.8) is 0 Å². The monoisotopic (exact) mass is 172 g/mol. The molecule has 4 nitrogen and oxygen atoms in total. The summed E-state index contributed by atoms with van der Waals surface area (Å²) in [6.45, 7) is 1.69. The summed E-state index contributed by atoms with van der Waals surface area (Å²) in [5, 5.41) is 7.78. The molecule has 0 N–H and O–H groups in total. The van der Waals surface area contributed by atoms with E-state index in [-0.39, 0.29) is 35.3 Å². The minimum atomic E-state index is -3.54. The van der Waals surface area contributed by atoms with E-state index in [4.69, 9.17) is 5.26 Å². The van der Waals surface area contributed by atoms with Gasteiger partial charge in [0.1, 0.15) is 0 Å².